The third-order valence-corrected chi connectivity index (χ3v) is 3.66. The van der Waals surface area contributed by atoms with Gasteiger partial charge in [0, 0.05) is 6.04 Å². The Morgan fingerprint density at radius 3 is 2.59 bits per heavy atom. The Hall–Kier alpha value is -1.35. The highest BCUT2D eigenvalue weighted by Crippen LogP contribution is 2.35. The van der Waals surface area contributed by atoms with Crippen molar-refractivity contribution in [3.8, 4) is 0 Å². The topological polar surface area (TPSA) is 32.3 Å². The van der Waals surface area contributed by atoms with Crippen LogP contribution in [-0.4, -0.2) is 23.0 Å². The Bertz CT molecular complexity index is 413. The average Bonchev–Trinajstić information content (AvgIpc) is 3.14. The van der Waals surface area contributed by atoms with Crippen LogP contribution in [0.1, 0.15) is 37.8 Å². The van der Waals surface area contributed by atoms with Crippen LogP contribution < -0.4 is 5.32 Å². The predicted octanol–water partition coefficient (Wildman–Crippen LogP) is 2.06. The van der Waals surface area contributed by atoms with E-state index in [0.717, 1.165) is 12.0 Å². The van der Waals surface area contributed by atoms with Crippen LogP contribution >= 0.6 is 0 Å². The largest absolute Gasteiger partial charge is 0.323 e. The Morgan fingerprint density at radius 2 is 2.00 bits per heavy atom. The van der Waals surface area contributed by atoms with Crippen molar-refractivity contribution in [2.75, 3.05) is 0 Å². The Kier molecular flexibility index (Phi) is 2.63. The molecular weight excluding hydrogens is 212 g/mol. The first-order valence-corrected chi connectivity index (χ1v) is 6.44. The van der Waals surface area contributed by atoms with Crippen LogP contribution in [-0.2, 0) is 4.79 Å². The van der Waals surface area contributed by atoms with E-state index in [1.165, 1.54) is 12.8 Å². The fraction of sp³-hybridized carbons (Fsp3) is 0.500. The molecule has 1 aromatic rings. The van der Waals surface area contributed by atoms with Crippen LogP contribution in [0.3, 0.4) is 0 Å². The Balaban J connectivity index is 1.86. The molecule has 2 aliphatic rings. The van der Waals surface area contributed by atoms with Gasteiger partial charge in [-0.1, -0.05) is 37.3 Å². The van der Waals surface area contributed by atoms with E-state index >= 15 is 0 Å². The lowest BCUT2D eigenvalue weighted by Crippen LogP contribution is -2.38. The standard InChI is InChI=1S/C14H18N2O/c1-2-12-15-13(10-6-4-3-5-7-10)14(17)16(12)11-8-9-11/h3-7,11-13,15H,2,8-9H2,1H3. The summed E-state index contributed by atoms with van der Waals surface area (Å²) >= 11 is 0. The minimum absolute atomic E-state index is 0.137. The minimum Gasteiger partial charge on any atom is -0.323 e. The van der Waals surface area contributed by atoms with Gasteiger partial charge in [0.2, 0.25) is 5.91 Å². The summed E-state index contributed by atoms with van der Waals surface area (Å²) in [5.74, 6) is 0.255. The fourth-order valence-electron chi connectivity index (χ4n) is 2.63. The van der Waals surface area contributed by atoms with Gasteiger partial charge in [-0.2, -0.15) is 0 Å². The Labute approximate surface area is 102 Å². The summed E-state index contributed by atoms with van der Waals surface area (Å²) in [6, 6.07) is 10.4. The van der Waals surface area contributed by atoms with E-state index in [4.69, 9.17) is 0 Å². The number of nitrogens with zero attached hydrogens (tertiary/aromatic N) is 1. The molecule has 90 valence electrons. The molecule has 1 N–H and O–H groups in total. The summed E-state index contributed by atoms with van der Waals surface area (Å²) in [6.07, 6.45) is 3.54. The molecule has 1 saturated carbocycles. The van der Waals surface area contributed by atoms with Crippen molar-refractivity contribution in [2.24, 2.45) is 0 Å². The molecule has 3 rings (SSSR count). The number of hydrogen-bond donors (Lipinski definition) is 1. The molecule has 0 bridgehead atoms. The van der Waals surface area contributed by atoms with Crippen LogP contribution in [0.5, 0.6) is 0 Å². The van der Waals surface area contributed by atoms with Crippen molar-refractivity contribution in [1.82, 2.24) is 10.2 Å². The van der Waals surface area contributed by atoms with Crippen molar-refractivity contribution in [3.05, 3.63) is 35.9 Å². The zero-order chi connectivity index (χ0) is 11.8. The normalized spacial score (nSPS) is 28.8. The molecule has 1 heterocycles. The minimum atomic E-state index is -0.137. The fourth-order valence-corrected chi connectivity index (χ4v) is 2.63. The first-order chi connectivity index (χ1) is 8.31. The van der Waals surface area contributed by atoms with E-state index in [1.807, 2.05) is 30.3 Å². The number of rotatable bonds is 3. The van der Waals surface area contributed by atoms with Crippen molar-refractivity contribution in [2.45, 2.75) is 44.4 Å². The van der Waals surface area contributed by atoms with Gasteiger partial charge in [0.15, 0.2) is 0 Å². The lowest BCUT2D eigenvalue weighted by atomic mass is 10.1. The molecule has 2 unspecified atom stereocenters. The van der Waals surface area contributed by atoms with Crippen molar-refractivity contribution >= 4 is 5.91 Å². The highest BCUT2D eigenvalue weighted by Gasteiger charge is 2.45. The van der Waals surface area contributed by atoms with Gasteiger partial charge in [0.1, 0.15) is 6.04 Å². The number of hydrogen-bond acceptors (Lipinski definition) is 2. The highest BCUT2D eigenvalue weighted by molar-refractivity contribution is 5.86. The van der Waals surface area contributed by atoms with Gasteiger partial charge in [-0.05, 0) is 24.8 Å². The molecule has 2 atom stereocenters. The van der Waals surface area contributed by atoms with Crippen molar-refractivity contribution in [1.29, 1.82) is 0 Å². The van der Waals surface area contributed by atoms with E-state index in [2.05, 4.69) is 17.1 Å². The van der Waals surface area contributed by atoms with E-state index < -0.39 is 0 Å². The van der Waals surface area contributed by atoms with E-state index in [1.54, 1.807) is 0 Å². The quantitative estimate of drug-likeness (QED) is 0.862. The molecule has 0 spiro atoms. The summed E-state index contributed by atoms with van der Waals surface area (Å²) < 4.78 is 0. The van der Waals surface area contributed by atoms with Gasteiger partial charge in [0.25, 0.3) is 0 Å². The molecule has 1 aliphatic heterocycles. The second-order valence-corrected chi connectivity index (χ2v) is 4.91. The molecule has 1 amide bonds. The van der Waals surface area contributed by atoms with Gasteiger partial charge >= 0.3 is 0 Å². The number of benzene rings is 1. The van der Waals surface area contributed by atoms with Gasteiger partial charge < -0.3 is 4.90 Å². The van der Waals surface area contributed by atoms with Crippen LogP contribution in [0.2, 0.25) is 0 Å². The third-order valence-electron chi connectivity index (χ3n) is 3.66. The summed E-state index contributed by atoms with van der Waals surface area (Å²) in [4.78, 5) is 14.5. The summed E-state index contributed by atoms with van der Waals surface area (Å²) in [7, 11) is 0. The van der Waals surface area contributed by atoms with E-state index in [0.29, 0.717) is 6.04 Å². The lowest BCUT2D eigenvalue weighted by molar-refractivity contribution is -0.130. The van der Waals surface area contributed by atoms with Crippen molar-refractivity contribution in [3.63, 3.8) is 0 Å². The number of amides is 1. The monoisotopic (exact) mass is 230 g/mol. The highest BCUT2D eigenvalue weighted by atomic mass is 16.2. The number of nitrogens with one attached hydrogen (secondary N) is 1. The number of carbonyl (C=O) groups excluding carboxylic acids is 1. The summed E-state index contributed by atoms with van der Waals surface area (Å²) in [5, 5.41) is 3.45. The second kappa shape index (κ2) is 4.15. The predicted molar refractivity (Wildman–Crippen MR) is 66.3 cm³/mol. The van der Waals surface area contributed by atoms with Gasteiger partial charge in [-0.15, -0.1) is 0 Å². The van der Waals surface area contributed by atoms with Gasteiger partial charge in [-0.25, -0.2) is 0 Å². The van der Waals surface area contributed by atoms with Crippen LogP contribution in [0, 0.1) is 0 Å². The SMILES string of the molecule is CCC1NC(c2ccccc2)C(=O)N1C1CC1. The zero-order valence-corrected chi connectivity index (χ0v) is 10.1. The maximum Gasteiger partial charge on any atom is 0.245 e. The molecule has 1 saturated heterocycles. The number of carbonyl (C=O) groups is 1. The van der Waals surface area contributed by atoms with Gasteiger partial charge in [-0.3, -0.25) is 10.1 Å². The molecule has 0 radical (unpaired) electrons. The molecule has 1 aromatic carbocycles. The average molecular weight is 230 g/mol. The molecule has 0 aromatic heterocycles. The van der Waals surface area contributed by atoms with Crippen LogP contribution in [0.4, 0.5) is 0 Å². The van der Waals surface area contributed by atoms with Gasteiger partial charge in [0.05, 0.1) is 6.17 Å². The second-order valence-electron chi connectivity index (χ2n) is 4.91. The third kappa shape index (κ3) is 1.84. The zero-order valence-electron chi connectivity index (χ0n) is 10.1. The molecule has 3 nitrogen and oxygen atoms in total. The molecule has 2 fully saturated rings. The smallest absolute Gasteiger partial charge is 0.245 e. The van der Waals surface area contributed by atoms with Crippen molar-refractivity contribution < 1.29 is 4.79 Å². The maximum absolute atomic E-state index is 12.4. The molecule has 17 heavy (non-hydrogen) atoms. The maximum atomic E-state index is 12.4. The Morgan fingerprint density at radius 1 is 1.29 bits per heavy atom. The van der Waals surface area contributed by atoms with Crippen LogP contribution in [0.15, 0.2) is 30.3 Å². The first kappa shape index (κ1) is 10.8. The summed E-state index contributed by atoms with van der Waals surface area (Å²) in [5.41, 5.74) is 1.08. The van der Waals surface area contributed by atoms with E-state index in [-0.39, 0.29) is 18.1 Å². The molecule has 1 aliphatic carbocycles. The molecule has 3 heteroatoms. The summed E-state index contributed by atoms with van der Waals surface area (Å²) in [6.45, 7) is 2.13. The molecular formula is C14H18N2O. The van der Waals surface area contributed by atoms with Crippen LogP contribution in [0.25, 0.3) is 0 Å². The lowest BCUT2D eigenvalue weighted by Gasteiger charge is -2.22. The first-order valence-electron chi connectivity index (χ1n) is 6.44. The van der Waals surface area contributed by atoms with E-state index in [9.17, 15) is 4.79 Å².